The van der Waals surface area contributed by atoms with Crippen molar-refractivity contribution in [2.75, 3.05) is 7.11 Å². The normalized spacial score (nSPS) is 10.5. The van der Waals surface area contributed by atoms with Gasteiger partial charge in [-0.1, -0.05) is 13.0 Å². The second-order valence-corrected chi connectivity index (χ2v) is 3.98. The molecule has 0 aliphatic rings. The summed E-state index contributed by atoms with van der Waals surface area (Å²) >= 11 is 5.89. The van der Waals surface area contributed by atoms with E-state index in [0.29, 0.717) is 5.88 Å². The highest BCUT2D eigenvalue weighted by Gasteiger charge is 2.10. The predicted octanol–water partition coefficient (Wildman–Crippen LogP) is 3.18. The Morgan fingerprint density at radius 3 is 2.88 bits per heavy atom. The zero-order chi connectivity index (χ0) is 12.3. The lowest BCUT2D eigenvalue weighted by Gasteiger charge is -2.08. The SMILES string of the molecule is CCc1c(CCl)cnn1-c1cccc(OC)c1. The number of ether oxygens (including phenoxy) is 1. The minimum atomic E-state index is 0.493. The van der Waals surface area contributed by atoms with Gasteiger partial charge in [-0.05, 0) is 18.6 Å². The Hall–Kier alpha value is -1.48. The Labute approximate surface area is 106 Å². The van der Waals surface area contributed by atoms with Gasteiger partial charge < -0.3 is 4.74 Å². The first-order valence-electron chi connectivity index (χ1n) is 5.56. The van der Waals surface area contributed by atoms with E-state index in [1.807, 2.05) is 35.1 Å². The zero-order valence-corrected chi connectivity index (χ0v) is 10.7. The molecule has 0 spiro atoms. The molecular formula is C13H15ClN2O. The Morgan fingerprint density at radius 2 is 2.24 bits per heavy atom. The third kappa shape index (κ3) is 2.29. The van der Waals surface area contributed by atoms with Crippen LogP contribution in [0.1, 0.15) is 18.2 Å². The lowest BCUT2D eigenvalue weighted by Crippen LogP contribution is -2.02. The van der Waals surface area contributed by atoms with Crippen LogP contribution in [-0.4, -0.2) is 16.9 Å². The van der Waals surface area contributed by atoms with Gasteiger partial charge in [0.25, 0.3) is 0 Å². The van der Waals surface area contributed by atoms with Gasteiger partial charge in [0.15, 0.2) is 0 Å². The first kappa shape index (κ1) is 12.0. The highest BCUT2D eigenvalue weighted by atomic mass is 35.5. The number of hydrogen-bond donors (Lipinski definition) is 0. The molecule has 0 atom stereocenters. The molecule has 0 radical (unpaired) electrons. The molecule has 3 nitrogen and oxygen atoms in total. The summed E-state index contributed by atoms with van der Waals surface area (Å²) < 4.78 is 7.13. The first-order chi connectivity index (χ1) is 8.30. The van der Waals surface area contributed by atoms with E-state index in [9.17, 15) is 0 Å². The third-order valence-corrected chi connectivity index (χ3v) is 3.02. The van der Waals surface area contributed by atoms with Gasteiger partial charge in [0, 0.05) is 17.3 Å². The van der Waals surface area contributed by atoms with E-state index < -0.39 is 0 Å². The minimum Gasteiger partial charge on any atom is -0.497 e. The number of aromatic nitrogens is 2. The molecule has 0 N–H and O–H groups in total. The number of hydrogen-bond acceptors (Lipinski definition) is 2. The number of rotatable bonds is 4. The van der Waals surface area contributed by atoms with Crippen molar-refractivity contribution >= 4 is 11.6 Å². The lowest BCUT2D eigenvalue weighted by molar-refractivity contribution is 0.414. The van der Waals surface area contributed by atoms with Crippen LogP contribution in [-0.2, 0) is 12.3 Å². The Kier molecular flexibility index (Phi) is 3.69. The van der Waals surface area contributed by atoms with Crippen LogP contribution in [0.3, 0.4) is 0 Å². The largest absolute Gasteiger partial charge is 0.497 e. The summed E-state index contributed by atoms with van der Waals surface area (Å²) in [4.78, 5) is 0. The molecule has 1 aromatic carbocycles. The van der Waals surface area contributed by atoms with E-state index in [0.717, 1.165) is 29.1 Å². The van der Waals surface area contributed by atoms with Gasteiger partial charge in [-0.3, -0.25) is 0 Å². The Morgan fingerprint density at radius 1 is 1.41 bits per heavy atom. The van der Waals surface area contributed by atoms with E-state index in [1.54, 1.807) is 7.11 Å². The van der Waals surface area contributed by atoms with Gasteiger partial charge in [-0.25, -0.2) is 4.68 Å². The monoisotopic (exact) mass is 250 g/mol. The topological polar surface area (TPSA) is 27.1 Å². The average Bonchev–Trinajstić information content (AvgIpc) is 2.81. The minimum absolute atomic E-state index is 0.493. The quantitative estimate of drug-likeness (QED) is 0.780. The standard InChI is InChI=1S/C13H15ClN2O/c1-3-13-10(8-14)9-15-16(13)11-5-4-6-12(7-11)17-2/h4-7,9H,3,8H2,1-2H3. The summed E-state index contributed by atoms with van der Waals surface area (Å²) in [6, 6.07) is 7.84. The predicted molar refractivity (Wildman–Crippen MR) is 69.1 cm³/mol. The highest BCUT2D eigenvalue weighted by Crippen LogP contribution is 2.20. The van der Waals surface area contributed by atoms with Crippen LogP contribution < -0.4 is 4.74 Å². The van der Waals surface area contributed by atoms with Crippen LogP contribution in [0.25, 0.3) is 5.69 Å². The summed E-state index contributed by atoms with van der Waals surface area (Å²) in [7, 11) is 1.66. The zero-order valence-electron chi connectivity index (χ0n) is 9.98. The molecule has 17 heavy (non-hydrogen) atoms. The van der Waals surface area contributed by atoms with Crippen molar-refractivity contribution in [2.24, 2.45) is 0 Å². The smallest absolute Gasteiger partial charge is 0.121 e. The Balaban J connectivity index is 2.48. The van der Waals surface area contributed by atoms with Crippen molar-refractivity contribution in [2.45, 2.75) is 19.2 Å². The molecule has 0 amide bonds. The van der Waals surface area contributed by atoms with Gasteiger partial charge in [0.1, 0.15) is 5.75 Å². The molecule has 2 rings (SSSR count). The van der Waals surface area contributed by atoms with Gasteiger partial charge in [0.2, 0.25) is 0 Å². The van der Waals surface area contributed by atoms with Crippen LogP contribution in [0.2, 0.25) is 0 Å². The molecule has 0 unspecified atom stereocenters. The van der Waals surface area contributed by atoms with Crippen molar-refractivity contribution in [1.82, 2.24) is 9.78 Å². The fourth-order valence-electron chi connectivity index (χ4n) is 1.86. The van der Waals surface area contributed by atoms with Crippen LogP contribution in [0.5, 0.6) is 5.75 Å². The second kappa shape index (κ2) is 5.23. The van der Waals surface area contributed by atoms with E-state index in [2.05, 4.69) is 12.0 Å². The third-order valence-electron chi connectivity index (χ3n) is 2.73. The van der Waals surface area contributed by atoms with Crippen LogP contribution in [0, 0.1) is 0 Å². The molecular weight excluding hydrogens is 236 g/mol. The number of alkyl halides is 1. The lowest BCUT2D eigenvalue weighted by atomic mass is 10.2. The van der Waals surface area contributed by atoms with E-state index in [-0.39, 0.29) is 0 Å². The van der Waals surface area contributed by atoms with Gasteiger partial charge in [0.05, 0.1) is 24.9 Å². The maximum absolute atomic E-state index is 5.89. The molecule has 0 saturated heterocycles. The van der Waals surface area contributed by atoms with Crippen LogP contribution in [0.4, 0.5) is 0 Å². The molecule has 0 aliphatic heterocycles. The summed E-state index contributed by atoms with van der Waals surface area (Å²) in [5.41, 5.74) is 3.22. The van der Waals surface area contributed by atoms with Crippen molar-refractivity contribution in [1.29, 1.82) is 0 Å². The number of methoxy groups -OCH3 is 1. The molecule has 2 aromatic rings. The second-order valence-electron chi connectivity index (χ2n) is 3.72. The van der Waals surface area contributed by atoms with Crippen molar-refractivity contribution in [3.8, 4) is 11.4 Å². The first-order valence-corrected chi connectivity index (χ1v) is 6.09. The van der Waals surface area contributed by atoms with Crippen molar-refractivity contribution in [3.63, 3.8) is 0 Å². The molecule has 0 bridgehead atoms. The fourth-order valence-corrected chi connectivity index (χ4v) is 2.08. The maximum atomic E-state index is 5.89. The van der Waals surface area contributed by atoms with Crippen LogP contribution >= 0.6 is 11.6 Å². The van der Waals surface area contributed by atoms with Crippen molar-refractivity contribution < 1.29 is 4.74 Å². The van der Waals surface area contributed by atoms with Gasteiger partial charge in [-0.2, -0.15) is 5.10 Å². The molecule has 90 valence electrons. The molecule has 1 aromatic heterocycles. The van der Waals surface area contributed by atoms with Gasteiger partial charge >= 0.3 is 0 Å². The van der Waals surface area contributed by atoms with Gasteiger partial charge in [-0.15, -0.1) is 11.6 Å². The molecule has 4 heteroatoms. The van der Waals surface area contributed by atoms with Crippen LogP contribution in [0.15, 0.2) is 30.5 Å². The summed E-state index contributed by atoms with van der Waals surface area (Å²) in [6.45, 7) is 2.10. The van der Waals surface area contributed by atoms with Crippen molar-refractivity contribution in [3.05, 3.63) is 41.7 Å². The molecule has 1 heterocycles. The summed E-state index contributed by atoms with van der Waals surface area (Å²) in [5, 5.41) is 4.38. The molecule has 0 saturated carbocycles. The average molecular weight is 251 g/mol. The highest BCUT2D eigenvalue weighted by molar-refractivity contribution is 6.17. The van der Waals surface area contributed by atoms with E-state index >= 15 is 0 Å². The summed E-state index contributed by atoms with van der Waals surface area (Å²) in [6.07, 6.45) is 2.73. The fraction of sp³-hybridized carbons (Fsp3) is 0.308. The number of halogens is 1. The molecule has 0 aliphatic carbocycles. The summed E-state index contributed by atoms with van der Waals surface area (Å²) in [5.74, 6) is 1.32. The molecule has 0 fully saturated rings. The van der Waals surface area contributed by atoms with E-state index in [4.69, 9.17) is 16.3 Å². The maximum Gasteiger partial charge on any atom is 0.121 e. The Bertz CT molecular complexity index is 508. The van der Waals surface area contributed by atoms with E-state index in [1.165, 1.54) is 0 Å². The number of benzene rings is 1. The number of nitrogens with zero attached hydrogens (tertiary/aromatic N) is 2.